The lowest BCUT2D eigenvalue weighted by Crippen LogP contribution is -2.33. The molecule has 1 aliphatic rings. The molecule has 2 heterocycles. The number of hydrogen-bond acceptors (Lipinski definition) is 2. The van der Waals surface area contributed by atoms with Crippen LogP contribution in [0.2, 0.25) is 0 Å². The van der Waals surface area contributed by atoms with Crippen LogP contribution in [0.15, 0.2) is 109 Å². The van der Waals surface area contributed by atoms with Gasteiger partial charge in [-0.3, -0.25) is 14.4 Å². The molecule has 7 rings (SSSR count). The quantitative estimate of drug-likeness (QED) is 0.185. The van der Waals surface area contributed by atoms with E-state index in [9.17, 15) is 31.1 Å². The molecule has 1 aromatic heterocycles. The normalized spacial score (nSPS) is 15.3. The first-order chi connectivity index (χ1) is 21.4. The van der Waals surface area contributed by atoms with Crippen LogP contribution >= 0.6 is 0 Å². The van der Waals surface area contributed by atoms with Crippen LogP contribution in [-0.4, -0.2) is 16.8 Å². The van der Waals surface area contributed by atoms with Crippen LogP contribution in [0.1, 0.15) is 33.3 Å². The number of alkyl halides is 6. The molecule has 1 amide bonds. The number of nitrogens with zero attached hydrogens (tertiary/aromatic N) is 2. The molecule has 226 valence electrons. The number of carbonyl (C=O) groups excluding carboxylic acids is 1. The van der Waals surface area contributed by atoms with Crippen LogP contribution in [0.25, 0.3) is 38.6 Å². The average molecular weight is 617 g/mol. The van der Waals surface area contributed by atoms with Gasteiger partial charge >= 0.3 is 12.5 Å². The smallest absolute Gasteiger partial charge is 0.308 e. The van der Waals surface area contributed by atoms with Crippen LogP contribution < -0.4 is 4.90 Å². The van der Waals surface area contributed by atoms with Crippen LogP contribution in [0, 0.1) is 6.92 Å². The van der Waals surface area contributed by atoms with E-state index in [-0.39, 0.29) is 33.4 Å². The molecule has 0 fully saturated rings. The molecule has 0 bridgehead atoms. The van der Waals surface area contributed by atoms with E-state index in [1.807, 2.05) is 30.3 Å². The van der Waals surface area contributed by atoms with E-state index in [0.717, 1.165) is 22.1 Å². The molecule has 1 aliphatic heterocycles. The number of para-hydroxylation sites is 2. The minimum Gasteiger partial charge on any atom is -0.308 e. The standard InChI is InChI=1S/C35H22F6N2O2/c1-20-8-5-11-24-25-12-6-14-27(34(36,37)38)31(25)43(30(20)24)28-15-7-13-26-29(28)33(45-35(39,40)41)42(32(26)44)23-18-16-22(17-19-23)21-9-3-2-4-10-21/h2-19,33H,1H3. The Hall–Kier alpha value is -5.09. The molecule has 4 nitrogen and oxygen atoms in total. The molecule has 6 aromatic rings. The number of halogens is 6. The van der Waals surface area contributed by atoms with Gasteiger partial charge in [0.25, 0.3) is 5.91 Å². The summed E-state index contributed by atoms with van der Waals surface area (Å²) in [4.78, 5) is 14.8. The molecule has 5 aromatic carbocycles. The lowest BCUT2D eigenvalue weighted by molar-refractivity contribution is -0.343. The van der Waals surface area contributed by atoms with E-state index in [2.05, 4.69) is 4.74 Å². The van der Waals surface area contributed by atoms with Crippen molar-refractivity contribution in [3.05, 3.63) is 131 Å². The van der Waals surface area contributed by atoms with Gasteiger partial charge in [-0.15, -0.1) is 13.2 Å². The minimum absolute atomic E-state index is 0.0236. The first-order valence-electron chi connectivity index (χ1n) is 13.9. The number of aromatic nitrogens is 1. The fourth-order valence-corrected chi connectivity index (χ4v) is 6.25. The molecule has 0 saturated heterocycles. The summed E-state index contributed by atoms with van der Waals surface area (Å²) in [5.41, 5.74) is 1.24. The number of ether oxygens (including phenoxy) is 1. The Morgan fingerprint density at radius 1 is 0.667 bits per heavy atom. The summed E-state index contributed by atoms with van der Waals surface area (Å²) >= 11 is 0. The van der Waals surface area contributed by atoms with E-state index in [1.165, 1.54) is 41.0 Å². The van der Waals surface area contributed by atoms with Crippen molar-refractivity contribution in [1.29, 1.82) is 0 Å². The second-order valence-corrected chi connectivity index (χ2v) is 10.7. The summed E-state index contributed by atoms with van der Waals surface area (Å²) in [6, 6.07) is 28.8. The average Bonchev–Trinajstić information content (AvgIpc) is 3.49. The third kappa shape index (κ3) is 4.73. The Labute approximate surface area is 252 Å². The second kappa shape index (κ2) is 10.2. The first kappa shape index (κ1) is 28.7. The van der Waals surface area contributed by atoms with E-state index in [0.29, 0.717) is 16.5 Å². The van der Waals surface area contributed by atoms with Gasteiger partial charge in [0, 0.05) is 27.6 Å². The van der Waals surface area contributed by atoms with Crippen molar-refractivity contribution < 1.29 is 35.9 Å². The van der Waals surface area contributed by atoms with Gasteiger partial charge < -0.3 is 4.57 Å². The summed E-state index contributed by atoms with van der Waals surface area (Å²) in [5, 5.41) is 0.756. The minimum atomic E-state index is -5.18. The zero-order valence-electron chi connectivity index (χ0n) is 23.4. The van der Waals surface area contributed by atoms with Crippen molar-refractivity contribution in [2.45, 2.75) is 25.7 Å². The SMILES string of the molecule is Cc1cccc2c3cccc(C(F)(F)F)c3n(-c3cccc4c3C(OC(F)(F)F)N(c3ccc(-c5ccccc5)cc3)C4=O)c12. The second-order valence-electron chi connectivity index (χ2n) is 10.7. The van der Waals surface area contributed by atoms with Gasteiger partial charge in [0.2, 0.25) is 0 Å². The molecular formula is C35H22F6N2O2. The lowest BCUT2D eigenvalue weighted by atomic mass is 10.1. The van der Waals surface area contributed by atoms with Gasteiger partial charge in [0.05, 0.1) is 22.3 Å². The highest BCUT2D eigenvalue weighted by atomic mass is 19.4. The van der Waals surface area contributed by atoms with Gasteiger partial charge in [-0.1, -0.05) is 78.9 Å². The number of benzene rings is 5. The van der Waals surface area contributed by atoms with Gasteiger partial charge in [0.1, 0.15) is 0 Å². The number of fused-ring (bicyclic) bond motifs is 4. The van der Waals surface area contributed by atoms with Crippen molar-refractivity contribution in [2.24, 2.45) is 0 Å². The summed E-state index contributed by atoms with van der Waals surface area (Å²) in [5.74, 6) is -0.776. The Morgan fingerprint density at radius 3 is 1.96 bits per heavy atom. The predicted molar refractivity (Wildman–Crippen MR) is 159 cm³/mol. The van der Waals surface area contributed by atoms with Gasteiger partial charge in [-0.25, -0.2) is 0 Å². The lowest BCUT2D eigenvalue weighted by Gasteiger charge is -2.27. The number of aryl methyl sites for hydroxylation is 1. The molecule has 0 aliphatic carbocycles. The number of rotatable bonds is 4. The molecule has 0 radical (unpaired) electrons. The molecule has 1 atom stereocenters. The molecule has 45 heavy (non-hydrogen) atoms. The zero-order valence-corrected chi connectivity index (χ0v) is 23.4. The van der Waals surface area contributed by atoms with Gasteiger partial charge in [-0.2, -0.15) is 13.2 Å². The maximum Gasteiger partial charge on any atom is 0.524 e. The zero-order chi connectivity index (χ0) is 31.7. The number of anilines is 1. The monoisotopic (exact) mass is 616 g/mol. The maximum absolute atomic E-state index is 14.5. The summed E-state index contributed by atoms with van der Waals surface area (Å²) in [7, 11) is 0. The fourth-order valence-electron chi connectivity index (χ4n) is 6.25. The van der Waals surface area contributed by atoms with Crippen LogP contribution in [0.3, 0.4) is 0 Å². The van der Waals surface area contributed by atoms with Crippen molar-refractivity contribution in [1.82, 2.24) is 4.57 Å². The molecule has 1 unspecified atom stereocenters. The first-order valence-corrected chi connectivity index (χ1v) is 13.9. The van der Waals surface area contributed by atoms with E-state index < -0.39 is 30.2 Å². The number of amides is 1. The predicted octanol–water partition coefficient (Wildman–Crippen LogP) is 9.97. The Morgan fingerprint density at radius 2 is 1.29 bits per heavy atom. The summed E-state index contributed by atoms with van der Waals surface area (Å²) < 4.78 is 91.5. The van der Waals surface area contributed by atoms with Crippen molar-refractivity contribution in [2.75, 3.05) is 4.90 Å². The highest BCUT2D eigenvalue weighted by Crippen LogP contribution is 2.48. The highest BCUT2D eigenvalue weighted by Gasteiger charge is 2.47. The highest BCUT2D eigenvalue weighted by molar-refractivity contribution is 6.14. The van der Waals surface area contributed by atoms with Crippen molar-refractivity contribution in [3.8, 4) is 16.8 Å². The summed E-state index contributed by atoms with van der Waals surface area (Å²) in [6.07, 6.45) is -12.0. The van der Waals surface area contributed by atoms with Crippen LogP contribution in [0.5, 0.6) is 0 Å². The van der Waals surface area contributed by atoms with E-state index >= 15 is 0 Å². The number of carbonyl (C=O) groups is 1. The molecule has 0 N–H and O–H groups in total. The van der Waals surface area contributed by atoms with Crippen molar-refractivity contribution >= 4 is 33.4 Å². The van der Waals surface area contributed by atoms with E-state index in [4.69, 9.17) is 0 Å². The Bertz CT molecular complexity index is 2100. The maximum atomic E-state index is 14.5. The number of hydrogen-bond donors (Lipinski definition) is 0. The molecular weight excluding hydrogens is 594 g/mol. The third-order valence-corrected chi connectivity index (χ3v) is 8.07. The topological polar surface area (TPSA) is 34.5 Å². The third-order valence-electron chi connectivity index (χ3n) is 8.07. The largest absolute Gasteiger partial charge is 0.524 e. The molecule has 10 heteroatoms. The van der Waals surface area contributed by atoms with Gasteiger partial charge in [-0.05, 0) is 53.9 Å². The van der Waals surface area contributed by atoms with Crippen LogP contribution in [-0.2, 0) is 10.9 Å². The van der Waals surface area contributed by atoms with Gasteiger partial charge in [0.15, 0.2) is 6.23 Å². The van der Waals surface area contributed by atoms with E-state index in [1.54, 1.807) is 43.3 Å². The Kier molecular flexibility index (Phi) is 6.52. The van der Waals surface area contributed by atoms with Crippen molar-refractivity contribution in [3.63, 3.8) is 0 Å². The Balaban J connectivity index is 1.49. The summed E-state index contributed by atoms with van der Waals surface area (Å²) in [6.45, 7) is 1.71. The molecule has 0 spiro atoms. The van der Waals surface area contributed by atoms with Crippen LogP contribution in [0.4, 0.5) is 32.0 Å². The molecule has 0 saturated carbocycles. The fraction of sp³-hybridized carbons (Fsp3) is 0.114.